The summed E-state index contributed by atoms with van der Waals surface area (Å²) in [6.45, 7) is 4.33. The lowest BCUT2D eigenvalue weighted by Crippen LogP contribution is -2.17. The van der Waals surface area contributed by atoms with Gasteiger partial charge >= 0.3 is 0 Å². The monoisotopic (exact) mass is 434 g/mol. The van der Waals surface area contributed by atoms with E-state index in [4.69, 9.17) is 27.9 Å². The molecular formula is C24H22Cl2F2O. The quantitative estimate of drug-likeness (QED) is 0.362. The van der Waals surface area contributed by atoms with E-state index in [9.17, 15) is 8.78 Å². The molecule has 1 nitrogen and oxygen atoms in total. The first-order valence-corrected chi connectivity index (χ1v) is 10.2. The maximum Gasteiger partial charge on any atom is 0.165 e. The van der Waals surface area contributed by atoms with Crippen LogP contribution < -0.4 is 4.74 Å². The highest BCUT2D eigenvalue weighted by Gasteiger charge is 2.21. The van der Waals surface area contributed by atoms with Crippen LogP contribution in [0.3, 0.4) is 0 Å². The smallest absolute Gasteiger partial charge is 0.165 e. The van der Waals surface area contributed by atoms with E-state index in [-0.39, 0.29) is 17.0 Å². The molecule has 3 rings (SSSR count). The first-order chi connectivity index (χ1) is 13.7. The predicted octanol–water partition coefficient (Wildman–Crippen LogP) is 8.36. The van der Waals surface area contributed by atoms with Crippen LogP contribution in [0.1, 0.15) is 37.8 Å². The molecule has 0 aliphatic carbocycles. The molecule has 0 fully saturated rings. The second-order valence-corrected chi connectivity index (χ2v) is 8.50. The topological polar surface area (TPSA) is 9.23 Å². The molecule has 0 saturated heterocycles. The first-order valence-electron chi connectivity index (χ1n) is 9.42. The normalized spacial score (nSPS) is 11.5. The number of hydrogen-bond acceptors (Lipinski definition) is 1. The molecule has 0 saturated carbocycles. The minimum absolute atomic E-state index is 0.0678. The SMILES string of the molecule is CC(C)(CCCc1ccc(F)c(Oc2ccc(F)cc2)c1)c1ccc(Cl)c(Cl)c1. The molecule has 0 amide bonds. The molecule has 0 aliphatic heterocycles. The van der Waals surface area contributed by atoms with Crippen LogP contribution >= 0.6 is 23.2 Å². The molecular weight excluding hydrogens is 413 g/mol. The number of aryl methyl sites for hydroxylation is 1. The molecule has 0 radical (unpaired) electrons. The Kier molecular flexibility index (Phi) is 6.81. The zero-order valence-corrected chi connectivity index (χ0v) is 17.8. The van der Waals surface area contributed by atoms with Gasteiger partial charge in [-0.2, -0.15) is 0 Å². The molecule has 0 N–H and O–H groups in total. The van der Waals surface area contributed by atoms with Crippen molar-refractivity contribution >= 4 is 23.2 Å². The lowest BCUT2D eigenvalue weighted by atomic mass is 9.80. The van der Waals surface area contributed by atoms with Crippen molar-refractivity contribution in [2.75, 3.05) is 0 Å². The summed E-state index contributed by atoms with van der Waals surface area (Å²) in [7, 11) is 0. The minimum atomic E-state index is -0.450. The van der Waals surface area contributed by atoms with Gasteiger partial charge in [-0.15, -0.1) is 0 Å². The van der Waals surface area contributed by atoms with Crippen molar-refractivity contribution in [3.63, 3.8) is 0 Å². The Hall–Kier alpha value is -2.10. The molecule has 0 aromatic heterocycles. The standard InChI is InChI=1S/C24H22Cl2F2O/c1-24(2,17-6-11-20(25)21(26)15-17)13-3-4-16-5-12-22(28)23(14-16)29-19-9-7-18(27)8-10-19/h5-12,14-15H,3-4,13H2,1-2H3. The van der Waals surface area contributed by atoms with Crippen LogP contribution in [0.25, 0.3) is 0 Å². The summed E-state index contributed by atoms with van der Waals surface area (Å²) in [5, 5.41) is 1.10. The highest BCUT2D eigenvalue weighted by Crippen LogP contribution is 2.34. The highest BCUT2D eigenvalue weighted by molar-refractivity contribution is 6.42. The van der Waals surface area contributed by atoms with E-state index < -0.39 is 5.82 Å². The van der Waals surface area contributed by atoms with E-state index in [0.717, 1.165) is 30.4 Å². The Labute approximate surface area is 180 Å². The van der Waals surface area contributed by atoms with Gasteiger partial charge in [0.15, 0.2) is 11.6 Å². The summed E-state index contributed by atoms with van der Waals surface area (Å²) in [6, 6.07) is 16.1. The fraction of sp³-hybridized carbons (Fsp3) is 0.250. The number of rotatable bonds is 7. The van der Waals surface area contributed by atoms with Gasteiger partial charge in [0.2, 0.25) is 0 Å². The van der Waals surface area contributed by atoms with E-state index in [2.05, 4.69) is 13.8 Å². The predicted molar refractivity (Wildman–Crippen MR) is 115 cm³/mol. The van der Waals surface area contributed by atoms with E-state index in [1.54, 1.807) is 12.1 Å². The molecule has 0 unspecified atom stereocenters. The van der Waals surface area contributed by atoms with Crippen LogP contribution in [0.15, 0.2) is 60.7 Å². The second kappa shape index (κ2) is 9.15. The fourth-order valence-corrected chi connectivity index (χ4v) is 3.51. The zero-order chi connectivity index (χ0) is 21.0. The maximum atomic E-state index is 14.1. The van der Waals surface area contributed by atoms with E-state index in [1.807, 2.05) is 18.2 Å². The molecule has 5 heteroatoms. The van der Waals surface area contributed by atoms with Crippen molar-refractivity contribution in [1.29, 1.82) is 0 Å². The van der Waals surface area contributed by atoms with Gasteiger partial charge in [-0.1, -0.05) is 49.2 Å². The average molecular weight is 435 g/mol. The van der Waals surface area contributed by atoms with Crippen molar-refractivity contribution in [3.05, 3.63) is 93.5 Å². The van der Waals surface area contributed by atoms with Gasteiger partial charge in [0.25, 0.3) is 0 Å². The third-order valence-electron chi connectivity index (χ3n) is 5.01. The van der Waals surface area contributed by atoms with Gasteiger partial charge in [0, 0.05) is 0 Å². The van der Waals surface area contributed by atoms with Gasteiger partial charge in [-0.25, -0.2) is 8.78 Å². The van der Waals surface area contributed by atoms with Crippen LogP contribution in [0.5, 0.6) is 11.5 Å². The summed E-state index contributed by atoms with van der Waals surface area (Å²) in [5.74, 6) is -0.286. The fourth-order valence-electron chi connectivity index (χ4n) is 3.21. The van der Waals surface area contributed by atoms with Crippen LogP contribution in [-0.2, 0) is 11.8 Å². The van der Waals surface area contributed by atoms with Crippen LogP contribution in [-0.4, -0.2) is 0 Å². The third-order valence-corrected chi connectivity index (χ3v) is 5.74. The Morgan fingerprint density at radius 2 is 1.59 bits per heavy atom. The maximum absolute atomic E-state index is 14.1. The number of halogens is 4. The summed E-state index contributed by atoms with van der Waals surface area (Å²) in [6.07, 6.45) is 2.62. The summed E-state index contributed by atoms with van der Waals surface area (Å²) in [5.41, 5.74) is 2.04. The molecule has 0 bridgehead atoms. The Balaban J connectivity index is 1.64. The van der Waals surface area contributed by atoms with Crippen LogP contribution in [0.2, 0.25) is 10.0 Å². The molecule has 0 spiro atoms. The van der Waals surface area contributed by atoms with Gasteiger partial charge in [0.1, 0.15) is 11.6 Å². The number of benzene rings is 3. The Morgan fingerprint density at radius 1 is 0.862 bits per heavy atom. The summed E-state index contributed by atoms with van der Waals surface area (Å²) in [4.78, 5) is 0. The van der Waals surface area contributed by atoms with Crippen molar-refractivity contribution in [2.24, 2.45) is 0 Å². The van der Waals surface area contributed by atoms with Crippen molar-refractivity contribution in [2.45, 2.75) is 38.5 Å². The molecule has 3 aromatic carbocycles. The van der Waals surface area contributed by atoms with Crippen molar-refractivity contribution < 1.29 is 13.5 Å². The Morgan fingerprint density at radius 3 is 2.28 bits per heavy atom. The molecule has 0 atom stereocenters. The average Bonchev–Trinajstić information content (AvgIpc) is 2.68. The minimum Gasteiger partial charge on any atom is -0.454 e. The first kappa shape index (κ1) is 21.6. The molecule has 0 aliphatic rings. The summed E-state index contributed by atoms with van der Waals surface area (Å²) < 4.78 is 32.7. The zero-order valence-electron chi connectivity index (χ0n) is 16.3. The number of ether oxygens (including phenoxy) is 1. The van der Waals surface area contributed by atoms with Gasteiger partial charge in [0.05, 0.1) is 10.0 Å². The highest BCUT2D eigenvalue weighted by atomic mass is 35.5. The molecule has 29 heavy (non-hydrogen) atoms. The van der Waals surface area contributed by atoms with Crippen molar-refractivity contribution in [3.8, 4) is 11.5 Å². The lowest BCUT2D eigenvalue weighted by Gasteiger charge is -2.26. The van der Waals surface area contributed by atoms with E-state index in [0.29, 0.717) is 15.8 Å². The lowest BCUT2D eigenvalue weighted by molar-refractivity contribution is 0.438. The van der Waals surface area contributed by atoms with Gasteiger partial charge < -0.3 is 4.74 Å². The third kappa shape index (κ3) is 5.71. The van der Waals surface area contributed by atoms with Crippen LogP contribution in [0, 0.1) is 11.6 Å². The number of hydrogen-bond donors (Lipinski definition) is 0. The van der Waals surface area contributed by atoms with Crippen molar-refractivity contribution in [1.82, 2.24) is 0 Å². The van der Waals surface area contributed by atoms with E-state index >= 15 is 0 Å². The van der Waals surface area contributed by atoms with Crippen LogP contribution in [0.4, 0.5) is 8.78 Å². The van der Waals surface area contributed by atoms with Gasteiger partial charge in [-0.3, -0.25) is 0 Å². The molecule has 152 valence electrons. The second-order valence-electron chi connectivity index (χ2n) is 7.69. The molecule has 0 heterocycles. The summed E-state index contributed by atoms with van der Waals surface area (Å²) >= 11 is 12.2. The Bertz CT molecular complexity index is 985. The van der Waals surface area contributed by atoms with E-state index in [1.165, 1.54) is 30.3 Å². The largest absolute Gasteiger partial charge is 0.454 e. The van der Waals surface area contributed by atoms with Gasteiger partial charge in [-0.05, 0) is 84.3 Å². The molecule has 3 aromatic rings.